The number of thioether (sulfide) groups is 1. The van der Waals surface area contributed by atoms with Crippen LogP contribution in [0.25, 0.3) is 5.76 Å². The number of ether oxygens (including phenoxy) is 1. The fourth-order valence-corrected chi connectivity index (χ4v) is 4.89. The van der Waals surface area contributed by atoms with Crippen LogP contribution in [0.4, 0.5) is 14.5 Å². The Morgan fingerprint density at radius 1 is 1.25 bits per heavy atom. The van der Waals surface area contributed by atoms with Gasteiger partial charge in [0, 0.05) is 28.3 Å². The van der Waals surface area contributed by atoms with Crippen LogP contribution < -0.4 is 10.6 Å². The van der Waals surface area contributed by atoms with E-state index in [9.17, 15) is 9.18 Å². The van der Waals surface area contributed by atoms with Crippen molar-refractivity contribution in [1.29, 1.82) is 0 Å². The van der Waals surface area contributed by atoms with Gasteiger partial charge in [0.1, 0.15) is 11.6 Å². The molecule has 186 valence electrons. The second-order valence-electron chi connectivity index (χ2n) is 8.09. The minimum absolute atomic E-state index is 0.0371. The molecule has 1 atom stereocenters. The van der Waals surface area contributed by atoms with Gasteiger partial charge in [0.25, 0.3) is 0 Å². The van der Waals surface area contributed by atoms with Crippen LogP contribution in [0.1, 0.15) is 22.4 Å². The lowest BCUT2D eigenvalue weighted by Gasteiger charge is -2.25. The molecule has 4 rings (SSSR count). The third-order valence-electron chi connectivity index (χ3n) is 5.60. The quantitative estimate of drug-likeness (QED) is 0.209. The summed E-state index contributed by atoms with van der Waals surface area (Å²) in [5.74, 6) is -1.13. The monoisotopic (exact) mass is 528 g/mol. The van der Waals surface area contributed by atoms with Crippen LogP contribution in [-0.2, 0) is 16.1 Å². The standard InChI is InChI=1S/C26H23ClF2N4O2S/c1-14-18(8-9-24(29)32-14)15(2)35-25(31-3)19-10-22-23(11-20(19)28)36-13-21(30)26(34)33(22)12-16-4-6-17(27)7-5-16/h4-11,21H,2,12-13,30H2,1,3H3/t21-/m0/s1. The molecule has 0 bridgehead atoms. The number of fused-ring (bicyclic) bond motifs is 1. The Morgan fingerprint density at radius 2 is 1.97 bits per heavy atom. The minimum Gasteiger partial charge on any atom is -0.439 e. The van der Waals surface area contributed by atoms with Gasteiger partial charge in [0.15, 0.2) is 0 Å². The largest absolute Gasteiger partial charge is 0.439 e. The summed E-state index contributed by atoms with van der Waals surface area (Å²) in [6, 6.07) is 11.9. The van der Waals surface area contributed by atoms with E-state index in [0.717, 1.165) is 5.56 Å². The van der Waals surface area contributed by atoms with Crippen LogP contribution in [-0.4, -0.2) is 35.6 Å². The van der Waals surface area contributed by atoms with Crippen LogP contribution in [0.2, 0.25) is 5.02 Å². The number of carbonyl (C=O) groups excluding carboxylic acids is 1. The molecule has 0 aliphatic carbocycles. The van der Waals surface area contributed by atoms with E-state index >= 15 is 4.39 Å². The van der Waals surface area contributed by atoms with Crippen molar-refractivity contribution in [3.63, 3.8) is 0 Å². The van der Waals surface area contributed by atoms with Crippen molar-refractivity contribution in [3.05, 3.63) is 94.3 Å². The Bertz CT molecular complexity index is 1360. The highest BCUT2D eigenvalue weighted by molar-refractivity contribution is 7.99. The van der Waals surface area contributed by atoms with Crippen molar-refractivity contribution in [2.24, 2.45) is 10.7 Å². The fraction of sp³-hybridized carbons (Fsp3) is 0.192. The van der Waals surface area contributed by atoms with Gasteiger partial charge in [-0.3, -0.25) is 9.79 Å². The van der Waals surface area contributed by atoms with E-state index in [2.05, 4.69) is 16.6 Å². The minimum atomic E-state index is -0.759. The summed E-state index contributed by atoms with van der Waals surface area (Å²) in [6.45, 7) is 5.70. The first kappa shape index (κ1) is 25.8. The summed E-state index contributed by atoms with van der Waals surface area (Å²) >= 11 is 7.31. The maximum atomic E-state index is 15.3. The van der Waals surface area contributed by atoms with E-state index in [1.165, 1.54) is 48.0 Å². The van der Waals surface area contributed by atoms with Gasteiger partial charge in [-0.15, -0.1) is 11.8 Å². The number of aromatic nitrogens is 1. The number of nitrogens with zero attached hydrogens (tertiary/aromatic N) is 3. The molecule has 1 aliphatic heterocycles. The SMILES string of the molecule is C=C(OC(=NC)c1cc2c(cc1F)SC[C@H](N)C(=O)N2Cc1ccc(Cl)cc1)c1ccc(F)nc1C. The molecule has 10 heteroatoms. The lowest BCUT2D eigenvalue weighted by molar-refractivity contribution is -0.119. The average Bonchev–Trinajstić information content (AvgIpc) is 2.95. The van der Waals surface area contributed by atoms with Gasteiger partial charge in [-0.05, 0) is 48.9 Å². The molecule has 1 aliphatic rings. The van der Waals surface area contributed by atoms with Crippen molar-refractivity contribution >= 4 is 46.6 Å². The molecule has 0 fully saturated rings. The molecule has 2 N–H and O–H groups in total. The summed E-state index contributed by atoms with van der Waals surface area (Å²) in [4.78, 5) is 23.2. The third-order valence-corrected chi connectivity index (χ3v) is 7.02. The van der Waals surface area contributed by atoms with Gasteiger partial charge < -0.3 is 15.4 Å². The molecule has 1 aromatic heterocycles. The predicted molar refractivity (Wildman–Crippen MR) is 139 cm³/mol. The molecular weight excluding hydrogens is 506 g/mol. The Kier molecular flexibility index (Phi) is 7.73. The highest BCUT2D eigenvalue weighted by Gasteiger charge is 2.31. The molecule has 1 amide bonds. The molecule has 36 heavy (non-hydrogen) atoms. The van der Waals surface area contributed by atoms with Gasteiger partial charge in [0.05, 0.1) is 29.5 Å². The summed E-state index contributed by atoms with van der Waals surface area (Å²) in [5.41, 5.74) is 8.29. The molecule has 3 aromatic rings. The van der Waals surface area contributed by atoms with Crippen molar-refractivity contribution in [2.75, 3.05) is 17.7 Å². The molecule has 0 unspecified atom stereocenters. The number of hydrogen-bond donors (Lipinski definition) is 1. The number of carbonyl (C=O) groups is 1. The van der Waals surface area contributed by atoms with Gasteiger partial charge in [0.2, 0.25) is 17.8 Å². The number of aliphatic imine (C=N–C) groups is 1. The van der Waals surface area contributed by atoms with E-state index in [1.807, 2.05) is 12.1 Å². The number of rotatable bonds is 5. The molecule has 0 saturated carbocycles. The molecule has 2 heterocycles. The van der Waals surface area contributed by atoms with Gasteiger partial charge in [-0.25, -0.2) is 9.37 Å². The topological polar surface area (TPSA) is 80.8 Å². The zero-order chi connectivity index (χ0) is 26.0. The molecule has 6 nitrogen and oxygen atoms in total. The van der Waals surface area contributed by atoms with Crippen LogP contribution >= 0.6 is 23.4 Å². The molecule has 0 spiro atoms. The number of amides is 1. The fourth-order valence-electron chi connectivity index (χ4n) is 3.76. The summed E-state index contributed by atoms with van der Waals surface area (Å²) < 4.78 is 34.5. The summed E-state index contributed by atoms with van der Waals surface area (Å²) in [7, 11) is 1.45. The third kappa shape index (κ3) is 5.43. The number of pyridine rings is 1. The number of nitrogens with two attached hydrogens (primary N) is 1. The van der Waals surface area contributed by atoms with Crippen molar-refractivity contribution in [1.82, 2.24) is 4.98 Å². The van der Waals surface area contributed by atoms with E-state index in [4.69, 9.17) is 22.1 Å². The number of hydrogen-bond acceptors (Lipinski definition) is 6. The smallest absolute Gasteiger partial charge is 0.245 e. The highest BCUT2D eigenvalue weighted by atomic mass is 35.5. The number of aryl methyl sites for hydroxylation is 1. The van der Waals surface area contributed by atoms with Gasteiger partial charge in [-0.1, -0.05) is 30.3 Å². The van der Waals surface area contributed by atoms with Gasteiger partial charge >= 0.3 is 0 Å². The van der Waals surface area contributed by atoms with Crippen LogP contribution in [0, 0.1) is 18.7 Å². The van der Waals surface area contributed by atoms with Gasteiger partial charge in [-0.2, -0.15) is 4.39 Å². The first-order valence-electron chi connectivity index (χ1n) is 10.9. The average molecular weight is 529 g/mol. The Labute approximate surface area is 216 Å². The van der Waals surface area contributed by atoms with E-state index in [0.29, 0.717) is 32.6 Å². The van der Waals surface area contributed by atoms with E-state index in [1.54, 1.807) is 19.1 Å². The van der Waals surface area contributed by atoms with Crippen molar-refractivity contribution < 1.29 is 18.3 Å². The first-order chi connectivity index (χ1) is 17.2. The molecule has 0 saturated heterocycles. The zero-order valence-electron chi connectivity index (χ0n) is 19.6. The first-order valence-corrected chi connectivity index (χ1v) is 12.3. The number of anilines is 1. The number of benzene rings is 2. The number of halogens is 3. The van der Waals surface area contributed by atoms with Crippen LogP contribution in [0.3, 0.4) is 0 Å². The Balaban J connectivity index is 1.72. The lowest BCUT2D eigenvalue weighted by Crippen LogP contribution is -2.44. The Hall–Kier alpha value is -3.27. The second-order valence-corrected chi connectivity index (χ2v) is 9.59. The highest BCUT2D eigenvalue weighted by Crippen LogP contribution is 2.37. The van der Waals surface area contributed by atoms with E-state index < -0.39 is 17.8 Å². The maximum absolute atomic E-state index is 15.3. The van der Waals surface area contributed by atoms with E-state index in [-0.39, 0.29) is 29.7 Å². The van der Waals surface area contributed by atoms with Crippen molar-refractivity contribution in [3.8, 4) is 0 Å². The zero-order valence-corrected chi connectivity index (χ0v) is 21.2. The van der Waals surface area contributed by atoms with Crippen LogP contribution in [0.15, 0.2) is 65.0 Å². The van der Waals surface area contributed by atoms with Crippen molar-refractivity contribution in [2.45, 2.75) is 24.4 Å². The maximum Gasteiger partial charge on any atom is 0.245 e. The molecular formula is C26H23ClF2N4O2S. The predicted octanol–water partition coefficient (Wildman–Crippen LogP) is 5.35. The molecule has 2 aromatic carbocycles. The lowest BCUT2D eigenvalue weighted by atomic mass is 10.1. The normalized spacial score (nSPS) is 15.9. The summed E-state index contributed by atoms with van der Waals surface area (Å²) in [6.07, 6.45) is 0. The summed E-state index contributed by atoms with van der Waals surface area (Å²) in [5, 5.41) is 0.575. The second kappa shape index (κ2) is 10.8. The van der Waals surface area contributed by atoms with Crippen LogP contribution in [0.5, 0.6) is 0 Å². The Morgan fingerprint density at radius 3 is 2.64 bits per heavy atom. The molecule has 0 radical (unpaired) electrons.